The van der Waals surface area contributed by atoms with E-state index in [9.17, 15) is 13.6 Å². The van der Waals surface area contributed by atoms with Gasteiger partial charge in [0.15, 0.2) is 5.65 Å². The third-order valence-electron chi connectivity index (χ3n) is 3.83. The van der Waals surface area contributed by atoms with Gasteiger partial charge in [0.25, 0.3) is 5.91 Å². The topological polar surface area (TPSA) is 97.2 Å². The highest BCUT2D eigenvalue weighted by molar-refractivity contribution is 14.1. The van der Waals surface area contributed by atoms with Gasteiger partial charge in [-0.15, -0.1) is 0 Å². The molecule has 0 atom stereocenters. The zero-order chi connectivity index (χ0) is 19.7. The van der Waals surface area contributed by atoms with Crippen LogP contribution >= 0.6 is 22.6 Å². The molecule has 0 saturated carbocycles. The van der Waals surface area contributed by atoms with E-state index in [1.807, 2.05) is 22.6 Å². The van der Waals surface area contributed by atoms with Crippen LogP contribution in [0.3, 0.4) is 0 Å². The van der Waals surface area contributed by atoms with Crippen molar-refractivity contribution in [2.24, 2.45) is 0 Å². The highest BCUT2D eigenvalue weighted by Crippen LogP contribution is 2.35. The van der Waals surface area contributed by atoms with Crippen LogP contribution in [0.2, 0.25) is 0 Å². The van der Waals surface area contributed by atoms with E-state index in [1.54, 1.807) is 30.6 Å². The number of carbonyl (C=O) groups is 1. The summed E-state index contributed by atoms with van der Waals surface area (Å²) in [6.07, 6.45) is 6.08. The molecule has 8 nitrogen and oxygen atoms in total. The van der Waals surface area contributed by atoms with Crippen molar-refractivity contribution in [3.63, 3.8) is 0 Å². The van der Waals surface area contributed by atoms with Crippen LogP contribution in [0.1, 0.15) is 10.4 Å². The normalized spacial score (nSPS) is 11.1. The largest absolute Gasteiger partial charge is 0.434 e. The second-order valence-corrected chi connectivity index (χ2v) is 6.81. The smallest absolute Gasteiger partial charge is 0.387 e. The summed E-state index contributed by atoms with van der Waals surface area (Å²) in [5.41, 5.74) is 1.55. The number of rotatable bonds is 5. The molecule has 11 heteroatoms. The molecule has 0 unspecified atom stereocenters. The number of carbonyl (C=O) groups excluding carboxylic acids is 1. The van der Waals surface area contributed by atoms with E-state index in [0.29, 0.717) is 16.9 Å². The molecule has 3 heterocycles. The van der Waals surface area contributed by atoms with Gasteiger partial charge in [0.1, 0.15) is 17.0 Å². The molecule has 142 valence electrons. The molecule has 28 heavy (non-hydrogen) atoms. The fourth-order valence-electron chi connectivity index (χ4n) is 2.65. The van der Waals surface area contributed by atoms with Crippen molar-refractivity contribution in [2.75, 3.05) is 5.32 Å². The second-order valence-electron chi connectivity index (χ2n) is 5.57. The number of amides is 1. The number of hydrogen-bond acceptors (Lipinski definition) is 5. The molecule has 3 aromatic heterocycles. The van der Waals surface area contributed by atoms with Crippen LogP contribution in [0.4, 0.5) is 14.5 Å². The Morgan fingerprint density at radius 1 is 1.36 bits per heavy atom. The number of anilines is 1. The molecule has 4 rings (SSSR count). The first-order valence-electron chi connectivity index (χ1n) is 7.91. The lowest BCUT2D eigenvalue weighted by Crippen LogP contribution is -2.12. The van der Waals surface area contributed by atoms with Gasteiger partial charge in [-0.1, -0.05) is 0 Å². The number of aromatic nitrogens is 5. The molecule has 0 fully saturated rings. The highest BCUT2D eigenvalue weighted by atomic mass is 127. The maximum absolute atomic E-state index is 12.7. The summed E-state index contributed by atoms with van der Waals surface area (Å²) in [6, 6.07) is 6.40. The summed E-state index contributed by atoms with van der Waals surface area (Å²) in [5.74, 6) is -0.506. The van der Waals surface area contributed by atoms with Gasteiger partial charge in [0.2, 0.25) is 0 Å². The molecule has 0 bridgehead atoms. The molecular weight excluding hydrogens is 485 g/mol. The quantitative estimate of drug-likeness (QED) is 0.412. The minimum Gasteiger partial charge on any atom is -0.434 e. The minimum absolute atomic E-state index is 0.0457. The average molecular weight is 496 g/mol. The summed E-state index contributed by atoms with van der Waals surface area (Å²) in [4.78, 5) is 16.8. The SMILES string of the molecule is O=C(Nc1c[nH]nc1-c1cc(I)ccc1OC(F)F)c1cnn2cccnc12. The number of fused-ring (bicyclic) bond motifs is 1. The zero-order valence-corrected chi connectivity index (χ0v) is 16.1. The number of nitrogens with one attached hydrogen (secondary N) is 2. The van der Waals surface area contributed by atoms with Crippen LogP contribution in [-0.4, -0.2) is 37.3 Å². The van der Waals surface area contributed by atoms with E-state index in [0.717, 1.165) is 3.57 Å². The van der Waals surface area contributed by atoms with Gasteiger partial charge in [0, 0.05) is 27.7 Å². The van der Waals surface area contributed by atoms with Crippen molar-refractivity contribution >= 4 is 39.8 Å². The van der Waals surface area contributed by atoms with E-state index in [2.05, 4.69) is 30.3 Å². The highest BCUT2D eigenvalue weighted by Gasteiger charge is 2.20. The zero-order valence-electron chi connectivity index (χ0n) is 13.9. The molecule has 0 aliphatic heterocycles. The van der Waals surface area contributed by atoms with Crippen LogP contribution in [0, 0.1) is 3.57 Å². The van der Waals surface area contributed by atoms with E-state index in [-0.39, 0.29) is 17.0 Å². The van der Waals surface area contributed by atoms with E-state index in [4.69, 9.17) is 0 Å². The van der Waals surface area contributed by atoms with E-state index < -0.39 is 12.5 Å². The van der Waals surface area contributed by atoms with Crippen LogP contribution in [0.5, 0.6) is 5.75 Å². The average Bonchev–Trinajstić information content (AvgIpc) is 3.29. The van der Waals surface area contributed by atoms with Crippen LogP contribution in [0.25, 0.3) is 16.9 Å². The minimum atomic E-state index is -2.99. The summed E-state index contributed by atoms with van der Waals surface area (Å²) < 4.78 is 32.4. The molecule has 4 aromatic rings. The fraction of sp³-hybridized carbons (Fsp3) is 0.0588. The summed E-state index contributed by atoms with van der Waals surface area (Å²) in [6.45, 7) is -2.99. The number of hydrogen-bond donors (Lipinski definition) is 2. The molecule has 1 aromatic carbocycles. The van der Waals surface area contributed by atoms with Crippen molar-refractivity contribution in [2.45, 2.75) is 6.61 Å². The van der Waals surface area contributed by atoms with Crippen molar-refractivity contribution in [1.29, 1.82) is 0 Å². The molecule has 1 amide bonds. The maximum Gasteiger partial charge on any atom is 0.387 e. The van der Waals surface area contributed by atoms with E-state index in [1.165, 1.54) is 23.0 Å². The predicted molar refractivity (Wildman–Crippen MR) is 104 cm³/mol. The molecule has 0 spiro atoms. The van der Waals surface area contributed by atoms with Crippen molar-refractivity contribution in [3.05, 3.63) is 58.2 Å². The van der Waals surface area contributed by atoms with Gasteiger partial charge in [-0.05, 0) is 46.9 Å². The number of nitrogens with zero attached hydrogens (tertiary/aromatic N) is 4. The molecule has 0 aliphatic carbocycles. The van der Waals surface area contributed by atoms with Gasteiger partial charge in [0.05, 0.1) is 11.9 Å². The first kappa shape index (κ1) is 18.3. The van der Waals surface area contributed by atoms with Gasteiger partial charge in [-0.2, -0.15) is 19.0 Å². The molecular formula is C17H11F2IN6O2. The third kappa shape index (κ3) is 3.52. The first-order chi connectivity index (χ1) is 13.5. The number of alkyl halides is 2. The molecule has 2 N–H and O–H groups in total. The summed E-state index contributed by atoms with van der Waals surface area (Å²) in [5, 5.41) is 13.5. The van der Waals surface area contributed by atoms with Crippen molar-refractivity contribution in [3.8, 4) is 17.0 Å². The Kier molecular flexibility index (Phi) is 4.90. The number of aromatic amines is 1. The Labute approximate surface area is 170 Å². The van der Waals surface area contributed by atoms with Crippen molar-refractivity contribution in [1.82, 2.24) is 24.8 Å². The van der Waals surface area contributed by atoms with Crippen LogP contribution < -0.4 is 10.1 Å². The lowest BCUT2D eigenvalue weighted by Gasteiger charge is -2.11. The predicted octanol–water partition coefficient (Wildman–Crippen LogP) is 3.58. The lowest BCUT2D eigenvalue weighted by atomic mass is 10.1. The third-order valence-corrected chi connectivity index (χ3v) is 4.50. The number of H-pyrrole nitrogens is 1. The van der Waals surface area contributed by atoms with Gasteiger partial charge in [-0.3, -0.25) is 9.89 Å². The molecule has 0 aliphatic rings. The lowest BCUT2D eigenvalue weighted by molar-refractivity contribution is -0.0494. The van der Waals surface area contributed by atoms with Gasteiger partial charge >= 0.3 is 6.61 Å². The Bertz CT molecular complexity index is 1160. The molecule has 0 radical (unpaired) electrons. The molecule has 0 saturated heterocycles. The summed E-state index contributed by atoms with van der Waals surface area (Å²) >= 11 is 2.05. The van der Waals surface area contributed by atoms with Gasteiger partial charge in [-0.25, -0.2) is 9.50 Å². The summed E-state index contributed by atoms with van der Waals surface area (Å²) in [7, 11) is 0. The Balaban J connectivity index is 1.69. The standard InChI is InChI=1S/C17H11F2IN6O2/c18-17(19)28-13-3-2-9(20)6-10(13)14-12(8-22-25-14)24-16(27)11-7-23-26-5-1-4-21-15(11)26/h1-8,17H,(H,22,25)(H,24,27). The Hall–Kier alpha value is -3.09. The maximum atomic E-state index is 12.7. The fourth-order valence-corrected chi connectivity index (χ4v) is 3.14. The Morgan fingerprint density at radius 2 is 2.21 bits per heavy atom. The first-order valence-corrected chi connectivity index (χ1v) is 8.99. The van der Waals surface area contributed by atoms with Crippen molar-refractivity contribution < 1.29 is 18.3 Å². The van der Waals surface area contributed by atoms with Crippen LogP contribution in [-0.2, 0) is 0 Å². The Morgan fingerprint density at radius 3 is 3.04 bits per heavy atom. The number of halogens is 3. The monoisotopic (exact) mass is 496 g/mol. The number of ether oxygens (including phenoxy) is 1. The number of benzene rings is 1. The van der Waals surface area contributed by atoms with Crippen LogP contribution in [0.15, 0.2) is 49.1 Å². The second kappa shape index (κ2) is 7.50. The van der Waals surface area contributed by atoms with Gasteiger partial charge < -0.3 is 10.1 Å². The van der Waals surface area contributed by atoms with E-state index >= 15 is 0 Å².